The van der Waals surface area contributed by atoms with Gasteiger partial charge in [-0.2, -0.15) is 0 Å². The second-order valence-corrected chi connectivity index (χ2v) is 4.52. The number of benzene rings is 1. The van der Waals surface area contributed by atoms with Gasteiger partial charge in [-0.1, -0.05) is 11.6 Å². The van der Waals surface area contributed by atoms with Crippen molar-refractivity contribution in [3.8, 4) is 5.75 Å². The Labute approximate surface area is 127 Å². The predicted octanol–water partition coefficient (Wildman–Crippen LogP) is 0.636. The molecule has 0 fully saturated rings. The average molecular weight is 314 g/mol. The molecule has 0 spiro atoms. The number of hydrogen-bond acceptors (Lipinski definition) is 4. The Bertz CT molecular complexity index is 548. The maximum Gasteiger partial charge on any atom is 0.273 e. The summed E-state index contributed by atoms with van der Waals surface area (Å²) < 4.78 is 5.04. The normalized spacial score (nSPS) is 9.67. The van der Waals surface area contributed by atoms with E-state index in [1.165, 1.54) is 32.2 Å². The average Bonchev–Trinajstić information content (AvgIpc) is 2.44. The van der Waals surface area contributed by atoms with Crippen molar-refractivity contribution in [1.82, 2.24) is 16.2 Å². The van der Waals surface area contributed by atoms with Gasteiger partial charge in [0.15, 0.2) is 0 Å². The fourth-order valence-corrected chi connectivity index (χ4v) is 1.62. The molecule has 0 heterocycles. The van der Waals surface area contributed by atoms with Crippen molar-refractivity contribution < 1.29 is 19.1 Å². The zero-order valence-corrected chi connectivity index (χ0v) is 12.4. The first kappa shape index (κ1) is 16.8. The van der Waals surface area contributed by atoms with Gasteiger partial charge < -0.3 is 10.1 Å². The van der Waals surface area contributed by atoms with Crippen LogP contribution in [0.5, 0.6) is 5.75 Å². The summed E-state index contributed by atoms with van der Waals surface area (Å²) in [4.78, 5) is 34.0. The minimum absolute atomic E-state index is 0.0532. The van der Waals surface area contributed by atoms with Crippen molar-refractivity contribution in [1.29, 1.82) is 0 Å². The zero-order valence-electron chi connectivity index (χ0n) is 11.7. The second kappa shape index (κ2) is 8.11. The van der Waals surface area contributed by atoms with Crippen LogP contribution in [0.3, 0.4) is 0 Å². The number of carbonyl (C=O) groups is 3. The summed E-state index contributed by atoms with van der Waals surface area (Å²) in [5, 5.41) is 2.91. The lowest BCUT2D eigenvalue weighted by Gasteiger charge is -2.10. The first-order chi connectivity index (χ1) is 9.93. The van der Waals surface area contributed by atoms with Crippen LogP contribution in [-0.2, 0) is 9.59 Å². The number of hydrogen-bond donors (Lipinski definition) is 3. The molecule has 21 heavy (non-hydrogen) atoms. The van der Waals surface area contributed by atoms with Gasteiger partial charge in [0, 0.05) is 24.9 Å². The monoisotopic (exact) mass is 313 g/mol. The van der Waals surface area contributed by atoms with Gasteiger partial charge in [-0.25, -0.2) is 0 Å². The Morgan fingerprint density at radius 3 is 2.57 bits per heavy atom. The molecule has 1 aromatic rings. The summed E-state index contributed by atoms with van der Waals surface area (Å²) >= 11 is 5.79. The molecule has 0 atom stereocenters. The van der Waals surface area contributed by atoms with Crippen LogP contribution in [0.1, 0.15) is 23.7 Å². The van der Waals surface area contributed by atoms with E-state index in [1.807, 2.05) is 0 Å². The number of rotatable bonds is 5. The highest BCUT2D eigenvalue weighted by Gasteiger charge is 2.13. The molecule has 1 aromatic carbocycles. The lowest BCUT2D eigenvalue weighted by molar-refractivity contribution is -0.122. The third-order valence-electron chi connectivity index (χ3n) is 2.45. The standard InChI is InChI=1S/C13H16ClN3O4/c1-8(18)15-6-5-12(19)16-17-13(20)10-4-3-9(14)7-11(10)21-2/h3-4,7H,5-6H2,1-2H3,(H,15,18)(H,16,19)(H,17,20). The van der Waals surface area contributed by atoms with Gasteiger partial charge in [-0.15, -0.1) is 0 Å². The van der Waals surface area contributed by atoms with E-state index in [9.17, 15) is 14.4 Å². The van der Waals surface area contributed by atoms with E-state index in [0.717, 1.165) is 0 Å². The molecule has 114 valence electrons. The maximum atomic E-state index is 11.9. The van der Waals surface area contributed by atoms with Gasteiger partial charge in [0.25, 0.3) is 5.91 Å². The van der Waals surface area contributed by atoms with Gasteiger partial charge in [0.1, 0.15) is 5.75 Å². The number of methoxy groups -OCH3 is 1. The van der Waals surface area contributed by atoms with E-state index >= 15 is 0 Å². The van der Waals surface area contributed by atoms with Crippen LogP contribution in [0.2, 0.25) is 5.02 Å². The Kier molecular flexibility index (Phi) is 6.48. The van der Waals surface area contributed by atoms with E-state index in [2.05, 4.69) is 16.2 Å². The number of hydrazine groups is 1. The molecule has 0 unspecified atom stereocenters. The molecule has 3 N–H and O–H groups in total. The Hall–Kier alpha value is -2.28. The van der Waals surface area contributed by atoms with Crippen molar-refractivity contribution in [3.63, 3.8) is 0 Å². The summed E-state index contributed by atoms with van der Waals surface area (Å²) in [5.41, 5.74) is 4.74. The summed E-state index contributed by atoms with van der Waals surface area (Å²) in [5.74, 6) is -0.883. The van der Waals surface area contributed by atoms with Gasteiger partial charge in [-0.3, -0.25) is 25.2 Å². The molecule has 1 rings (SSSR count). The van der Waals surface area contributed by atoms with Gasteiger partial charge in [-0.05, 0) is 18.2 Å². The van der Waals surface area contributed by atoms with E-state index in [4.69, 9.17) is 16.3 Å². The van der Waals surface area contributed by atoms with Gasteiger partial charge in [0.05, 0.1) is 12.7 Å². The number of carbonyl (C=O) groups excluding carboxylic acids is 3. The lowest BCUT2D eigenvalue weighted by Crippen LogP contribution is -2.42. The van der Waals surface area contributed by atoms with Crippen molar-refractivity contribution in [2.45, 2.75) is 13.3 Å². The molecule has 0 aliphatic carbocycles. The molecular formula is C13H16ClN3O4. The maximum absolute atomic E-state index is 11.9. The largest absolute Gasteiger partial charge is 0.496 e. The highest BCUT2D eigenvalue weighted by Crippen LogP contribution is 2.22. The van der Waals surface area contributed by atoms with E-state index in [1.54, 1.807) is 0 Å². The molecule has 0 bridgehead atoms. The fraction of sp³-hybridized carbons (Fsp3) is 0.308. The minimum atomic E-state index is -0.531. The van der Waals surface area contributed by atoms with Crippen LogP contribution in [0.25, 0.3) is 0 Å². The third kappa shape index (κ3) is 5.70. The summed E-state index contributed by atoms with van der Waals surface area (Å²) in [6.45, 7) is 1.55. The summed E-state index contributed by atoms with van der Waals surface area (Å²) in [6, 6.07) is 4.52. The van der Waals surface area contributed by atoms with Gasteiger partial charge >= 0.3 is 0 Å². The topological polar surface area (TPSA) is 96.5 Å². The second-order valence-electron chi connectivity index (χ2n) is 4.08. The van der Waals surface area contributed by atoms with Crippen molar-refractivity contribution in [2.75, 3.05) is 13.7 Å². The van der Waals surface area contributed by atoms with E-state index in [0.29, 0.717) is 10.8 Å². The first-order valence-corrected chi connectivity index (χ1v) is 6.49. The van der Waals surface area contributed by atoms with Crippen LogP contribution in [0, 0.1) is 0 Å². The predicted molar refractivity (Wildman–Crippen MR) is 76.9 cm³/mol. The van der Waals surface area contributed by atoms with Crippen molar-refractivity contribution in [2.24, 2.45) is 0 Å². The summed E-state index contributed by atoms with van der Waals surface area (Å²) in [6.07, 6.45) is 0.0532. The zero-order chi connectivity index (χ0) is 15.8. The first-order valence-electron chi connectivity index (χ1n) is 6.11. The molecule has 3 amide bonds. The van der Waals surface area contributed by atoms with Crippen molar-refractivity contribution >= 4 is 29.3 Å². The minimum Gasteiger partial charge on any atom is -0.496 e. The number of ether oxygens (including phenoxy) is 1. The van der Waals surface area contributed by atoms with Crippen LogP contribution < -0.4 is 20.9 Å². The van der Waals surface area contributed by atoms with E-state index in [-0.39, 0.29) is 24.4 Å². The molecule has 0 saturated heterocycles. The van der Waals surface area contributed by atoms with Crippen LogP contribution in [-0.4, -0.2) is 31.4 Å². The van der Waals surface area contributed by atoms with Crippen LogP contribution >= 0.6 is 11.6 Å². The smallest absolute Gasteiger partial charge is 0.273 e. The third-order valence-corrected chi connectivity index (χ3v) is 2.68. The SMILES string of the molecule is COc1cc(Cl)ccc1C(=O)NNC(=O)CCNC(C)=O. The number of halogens is 1. The quantitative estimate of drug-likeness (QED) is 0.695. The molecule has 7 nitrogen and oxygen atoms in total. The molecule has 0 radical (unpaired) electrons. The molecule has 0 aromatic heterocycles. The Balaban J connectivity index is 2.50. The number of nitrogens with one attached hydrogen (secondary N) is 3. The van der Waals surface area contributed by atoms with Crippen molar-refractivity contribution in [3.05, 3.63) is 28.8 Å². The molecule has 0 aliphatic rings. The number of amides is 3. The molecule has 0 saturated carbocycles. The van der Waals surface area contributed by atoms with Crippen LogP contribution in [0.4, 0.5) is 0 Å². The molecular weight excluding hydrogens is 298 g/mol. The van der Waals surface area contributed by atoms with E-state index < -0.39 is 11.8 Å². The highest BCUT2D eigenvalue weighted by molar-refractivity contribution is 6.30. The van der Waals surface area contributed by atoms with Crippen LogP contribution in [0.15, 0.2) is 18.2 Å². The lowest BCUT2D eigenvalue weighted by atomic mass is 10.2. The Morgan fingerprint density at radius 1 is 1.24 bits per heavy atom. The highest BCUT2D eigenvalue weighted by atomic mass is 35.5. The van der Waals surface area contributed by atoms with Gasteiger partial charge in [0.2, 0.25) is 11.8 Å². The summed E-state index contributed by atoms with van der Waals surface area (Å²) in [7, 11) is 1.41. The Morgan fingerprint density at radius 2 is 1.95 bits per heavy atom. The molecule has 8 heteroatoms. The fourth-order valence-electron chi connectivity index (χ4n) is 1.46. The molecule has 0 aliphatic heterocycles.